The van der Waals surface area contributed by atoms with Gasteiger partial charge >= 0.3 is 0 Å². The molecule has 17 heavy (non-hydrogen) atoms. The Labute approximate surface area is 102 Å². The SMILES string of the molecule is COCCCN(C)C(=Nc1ccccc1)NN. The number of nitrogens with one attached hydrogen (secondary N) is 1. The Bertz CT molecular complexity index is 340. The van der Waals surface area contributed by atoms with Crippen LogP contribution in [-0.4, -0.2) is 38.2 Å². The Balaban J connectivity index is 2.60. The third-order valence-electron chi connectivity index (χ3n) is 2.32. The van der Waals surface area contributed by atoms with E-state index in [0.717, 1.165) is 25.3 Å². The zero-order chi connectivity index (χ0) is 12.5. The first-order valence-electron chi connectivity index (χ1n) is 5.58. The maximum Gasteiger partial charge on any atom is 0.213 e. The van der Waals surface area contributed by atoms with Gasteiger partial charge in [0.2, 0.25) is 5.96 Å². The van der Waals surface area contributed by atoms with Crippen molar-refractivity contribution in [1.82, 2.24) is 10.3 Å². The van der Waals surface area contributed by atoms with Gasteiger partial charge in [0.25, 0.3) is 0 Å². The second kappa shape index (κ2) is 7.65. The molecule has 3 N–H and O–H groups in total. The van der Waals surface area contributed by atoms with Crippen LogP contribution in [0.15, 0.2) is 35.3 Å². The minimum atomic E-state index is 0.646. The van der Waals surface area contributed by atoms with Gasteiger partial charge in [-0.15, -0.1) is 0 Å². The topological polar surface area (TPSA) is 62.9 Å². The molecule has 0 amide bonds. The zero-order valence-electron chi connectivity index (χ0n) is 10.4. The first-order chi connectivity index (χ1) is 8.27. The molecule has 0 spiro atoms. The molecule has 0 aromatic heterocycles. The second-order valence-corrected chi connectivity index (χ2v) is 3.68. The molecule has 5 nitrogen and oxygen atoms in total. The van der Waals surface area contributed by atoms with Crippen molar-refractivity contribution in [3.05, 3.63) is 30.3 Å². The van der Waals surface area contributed by atoms with E-state index in [1.54, 1.807) is 7.11 Å². The van der Waals surface area contributed by atoms with Crippen molar-refractivity contribution in [2.75, 3.05) is 27.3 Å². The van der Waals surface area contributed by atoms with E-state index >= 15 is 0 Å². The van der Waals surface area contributed by atoms with Crippen LogP contribution in [0.4, 0.5) is 5.69 Å². The highest BCUT2D eigenvalue weighted by Gasteiger charge is 2.04. The summed E-state index contributed by atoms with van der Waals surface area (Å²) < 4.78 is 5.01. The smallest absolute Gasteiger partial charge is 0.213 e. The van der Waals surface area contributed by atoms with Crippen molar-refractivity contribution < 1.29 is 4.74 Å². The Morgan fingerprint density at radius 3 is 2.71 bits per heavy atom. The number of hydrogen-bond donors (Lipinski definition) is 2. The number of hydrogen-bond acceptors (Lipinski definition) is 3. The molecule has 0 atom stereocenters. The molecule has 0 radical (unpaired) electrons. The van der Waals surface area contributed by atoms with Gasteiger partial charge in [-0.05, 0) is 18.6 Å². The fourth-order valence-electron chi connectivity index (χ4n) is 1.40. The summed E-state index contributed by atoms with van der Waals surface area (Å²) in [4.78, 5) is 6.39. The van der Waals surface area contributed by atoms with E-state index in [-0.39, 0.29) is 0 Å². The predicted molar refractivity (Wildman–Crippen MR) is 70.0 cm³/mol. The first-order valence-corrected chi connectivity index (χ1v) is 5.58. The van der Waals surface area contributed by atoms with Gasteiger partial charge in [0.1, 0.15) is 0 Å². The molecular formula is C12H20N4O. The van der Waals surface area contributed by atoms with Crippen LogP contribution < -0.4 is 11.3 Å². The quantitative estimate of drug-likeness (QED) is 0.264. The fourth-order valence-corrected chi connectivity index (χ4v) is 1.40. The lowest BCUT2D eigenvalue weighted by Gasteiger charge is -2.20. The molecule has 5 heteroatoms. The Hall–Kier alpha value is -1.59. The molecule has 0 bridgehead atoms. The number of ether oxygens (including phenoxy) is 1. The number of nitrogens with zero attached hydrogens (tertiary/aromatic N) is 2. The number of guanidine groups is 1. The van der Waals surface area contributed by atoms with Crippen molar-refractivity contribution in [2.24, 2.45) is 10.8 Å². The number of methoxy groups -OCH3 is 1. The number of rotatable bonds is 5. The lowest BCUT2D eigenvalue weighted by atomic mass is 10.3. The zero-order valence-corrected chi connectivity index (χ0v) is 10.4. The molecule has 0 heterocycles. The number of aliphatic imine (C=N–C) groups is 1. The normalized spacial score (nSPS) is 11.4. The maximum atomic E-state index is 5.47. The standard InChI is InChI=1S/C12H20N4O/c1-16(9-6-10-17-2)12(15-13)14-11-7-4-3-5-8-11/h3-5,7-8H,6,9-10,13H2,1-2H3,(H,14,15). The van der Waals surface area contributed by atoms with Gasteiger partial charge < -0.3 is 9.64 Å². The molecule has 0 unspecified atom stereocenters. The Kier molecular flexibility index (Phi) is 6.06. The maximum absolute atomic E-state index is 5.47. The summed E-state index contributed by atoms with van der Waals surface area (Å²) in [5.41, 5.74) is 3.49. The van der Waals surface area contributed by atoms with E-state index in [4.69, 9.17) is 10.6 Å². The number of para-hydroxylation sites is 1. The van der Waals surface area contributed by atoms with Crippen molar-refractivity contribution in [3.63, 3.8) is 0 Å². The fraction of sp³-hybridized carbons (Fsp3) is 0.417. The van der Waals surface area contributed by atoms with Crippen LogP contribution in [0, 0.1) is 0 Å². The van der Waals surface area contributed by atoms with Crippen molar-refractivity contribution in [1.29, 1.82) is 0 Å². The van der Waals surface area contributed by atoms with Crippen LogP contribution >= 0.6 is 0 Å². The van der Waals surface area contributed by atoms with Gasteiger partial charge in [-0.3, -0.25) is 5.43 Å². The van der Waals surface area contributed by atoms with Crippen molar-refractivity contribution in [2.45, 2.75) is 6.42 Å². The summed E-state index contributed by atoms with van der Waals surface area (Å²) in [5.74, 6) is 6.12. The third kappa shape index (κ3) is 4.84. The summed E-state index contributed by atoms with van der Waals surface area (Å²) in [6.45, 7) is 1.57. The number of hydrazine groups is 1. The van der Waals surface area contributed by atoms with Crippen LogP contribution in [0.25, 0.3) is 0 Å². The van der Waals surface area contributed by atoms with Gasteiger partial charge in [-0.1, -0.05) is 18.2 Å². The second-order valence-electron chi connectivity index (χ2n) is 3.68. The summed E-state index contributed by atoms with van der Waals surface area (Å²) in [7, 11) is 3.64. The largest absolute Gasteiger partial charge is 0.385 e. The highest BCUT2D eigenvalue weighted by molar-refractivity contribution is 5.81. The van der Waals surface area contributed by atoms with Crippen molar-refractivity contribution in [3.8, 4) is 0 Å². The Morgan fingerprint density at radius 1 is 1.41 bits per heavy atom. The monoisotopic (exact) mass is 236 g/mol. The molecule has 0 fully saturated rings. The number of benzene rings is 1. The van der Waals surface area contributed by atoms with Gasteiger partial charge in [0.15, 0.2) is 0 Å². The van der Waals surface area contributed by atoms with Crippen LogP contribution in [0.1, 0.15) is 6.42 Å². The van der Waals surface area contributed by atoms with E-state index in [9.17, 15) is 0 Å². The predicted octanol–water partition coefficient (Wildman–Crippen LogP) is 1.11. The van der Waals surface area contributed by atoms with Gasteiger partial charge in [0, 0.05) is 27.3 Å². The summed E-state index contributed by atoms with van der Waals surface area (Å²) in [6, 6.07) is 9.70. The minimum absolute atomic E-state index is 0.646. The summed E-state index contributed by atoms with van der Waals surface area (Å²) >= 11 is 0. The minimum Gasteiger partial charge on any atom is -0.385 e. The molecule has 0 aliphatic heterocycles. The van der Waals surface area contributed by atoms with Crippen LogP contribution in [0.2, 0.25) is 0 Å². The van der Waals surface area contributed by atoms with E-state index in [0.29, 0.717) is 5.96 Å². The first kappa shape index (κ1) is 13.5. The molecule has 1 aromatic carbocycles. The van der Waals surface area contributed by atoms with Gasteiger partial charge in [0.05, 0.1) is 5.69 Å². The van der Waals surface area contributed by atoms with Crippen LogP contribution in [0.5, 0.6) is 0 Å². The molecule has 0 aliphatic rings. The molecule has 0 saturated carbocycles. The molecule has 1 aromatic rings. The van der Waals surface area contributed by atoms with Crippen molar-refractivity contribution >= 4 is 11.6 Å². The number of nitrogens with two attached hydrogens (primary N) is 1. The molecule has 0 saturated heterocycles. The molecule has 94 valence electrons. The molecule has 1 rings (SSSR count). The highest BCUT2D eigenvalue weighted by Crippen LogP contribution is 2.10. The van der Waals surface area contributed by atoms with E-state index in [1.807, 2.05) is 42.3 Å². The highest BCUT2D eigenvalue weighted by atomic mass is 16.5. The average Bonchev–Trinajstić information content (AvgIpc) is 2.37. The third-order valence-corrected chi connectivity index (χ3v) is 2.32. The lowest BCUT2D eigenvalue weighted by Crippen LogP contribution is -2.43. The van der Waals surface area contributed by atoms with E-state index in [1.165, 1.54) is 0 Å². The Morgan fingerprint density at radius 2 is 2.12 bits per heavy atom. The molecule has 0 aliphatic carbocycles. The van der Waals surface area contributed by atoms with Crippen LogP contribution in [0.3, 0.4) is 0 Å². The lowest BCUT2D eigenvalue weighted by molar-refractivity contribution is 0.188. The average molecular weight is 236 g/mol. The van der Waals surface area contributed by atoms with Gasteiger partial charge in [-0.2, -0.15) is 0 Å². The summed E-state index contributed by atoms with van der Waals surface area (Å²) in [6.07, 6.45) is 0.933. The van der Waals surface area contributed by atoms with E-state index < -0.39 is 0 Å². The molecular weight excluding hydrogens is 216 g/mol. The van der Waals surface area contributed by atoms with Gasteiger partial charge in [-0.25, -0.2) is 10.8 Å². The summed E-state index contributed by atoms with van der Waals surface area (Å²) in [5, 5.41) is 0. The van der Waals surface area contributed by atoms with Crippen LogP contribution in [-0.2, 0) is 4.74 Å². The van der Waals surface area contributed by atoms with E-state index in [2.05, 4.69) is 10.4 Å².